The molecule has 1 fully saturated rings. The number of nitrogens with two attached hydrogens (primary N) is 2. The predicted molar refractivity (Wildman–Crippen MR) is 122 cm³/mol. The normalized spacial score (nSPS) is 20.9. The van der Waals surface area contributed by atoms with E-state index in [0.29, 0.717) is 6.54 Å². The molecule has 1 aliphatic rings. The number of para-hydroxylation sites is 1. The Morgan fingerprint density at radius 2 is 1.50 bits per heavy atom. The summed E-state index contributed by atoms with van der Waals surface area (Å²) in [5.74, 6) is 0. The Balaban J connectivity index is 0.000000181. The zero-order chi connectivity index (χ0) is 20.8. The highest BCUT2D eigenvalue weighted by Gasteiger charge is 2.31. The summed E-state index contributed by atoms with van der Waals surface area (Å²) in [5.41, 5.74) is 15.8. The Bertz CT molecular complexity index is 1000. The van der Waals surface area contributed by atoms with E-state index in [1.807, 2.05) is 72.9 Å². The van der Waals surface area contributed by atoms with E-state index in [1.165, 1.54) is 5.39 Å². The van der Waals surface area contributed by atoms with Gasteiger partial charge in [0.15, 0.2) is 0 Å². The van der Waals surface area contributed by atoms with Crippen LogP contribution in [0.3, 0.4) is 0 Å². The number of nitrogen functional groups attached to an aromatic ring is 1. The van der Waals surface area contributed by atoms with Crippen molar-refractivity contribution in [2.24, 2.45) is 5.73 Å². The number of hydrogen-bond donors (Lipinski definition) is 3. The van der Waals surface area contributed by atoms with Crippen molar-refractivity contribution in [1.82, 2.24) is 10.3 Å². The van der Waals surface area contributed by atoms with Gasteiger partial charge in [-0.1, -0.05) is 66.7 Å². The largest absolute Gasteiger partial charge is 0.399 e. The molecule has 0 amide bonds. The van der Waals surface area contributed by atoms with Crippen LogP contribution < -0.4 is 16.8 Å². The van der Waals surface area contributed by atoms with Crippen LogP contribution in [0.5, 0.6) is 0 Å². The van der Waals surface area contributed by atoms with E-state index in [1.54, 1.807) is 0 Å². The van der Waals surface area contributed by atoms with Crippen LogP contribution in [0.1, 0.15) is 23.3 Å². The smallest absolute Gasteiger partial charge is 0.119 e. The molecular formula is C25H26N4O. The number of rotatable bonds is 2. The molecule has 5 nitrogen and oxygen atoms in total. The van der Waals surface area contributed by atoms with Crippen molar-refractivity contribution in [3.63, 3.8) is 0 Å². The fourth-order valence-corrected chi connectivity index (χ4v) is 3.59. The second-order valence-electron chi connectivity index (χ2n) is 7.25. The molecule has 30 heavy (non-hydrogen) atoms. The van der Waals surface area contributed by atoms with Crippen LogP contribution in [-0.2, 0) is 4.74 Å². The van der Waals surface area contributed by atoms with Gasteiger partial charge in [0.05, 0.1) is 11.6 Å². The van der Waals surface area contributed by atoms with Crippen molar-refractivity contribution < 1.29 is 4.74 Å². The molecule has 0 radical (unpaired) electrons. The first-order chi connectivity index (χ1) is 14.7. The lowest BCUT2D eigenvalue weighted by molar-refractivity contribution is -0.0630. The average molecular weight is 399 g/mol. The van der Waals surface area contributed by atoms with Crippen LogP contribution >= 0.6 is 0 Å². The van der Waals surface area contributed by atoms with Crippen molar-refractivity contribution in [2.45, 2.75) is 18.4 Å². The van der Waals surface area contributed by atoms with Crippen LogP contribution in [0.2, 0.25) is 0 Å². The van der Waals surface area contributed by atoms with Gasteiger partial charge in [0.1, 0.15) is 12.3 Å². The summed E-state index contributed by atoms with van der Waals surface area (Å²) >= 11 is 0. The zero-order valence-corrected chi connectivity index (χ0v) is 16.7. The molecule has 2 heterocycles. The van der Waals surface area contributed by atoms with Crippen molar-refractivity contribution in [3.8, 4) is 0 Å². The summed E-state index contributed by atoms with van der Waals surface area (Å²) in [7, 11) is 0. The van der Waals surface area contributed by atoms with Crippen LogP contribution in [0, 0.1) is 0 Å². The molecule has 0 spiro atoms. The topological polar surface area (TPSA) is 86.2 Å². The van der Waals surface area contributed by atoms with E-state index in [0.717, 1.165) is 22.3 Å². The Labute approximate surface area is 176 Å². The molecule has 5 rings (SSSR count). The molecule has 1 saturated heterocycles. The van der Waals surface area contributed by atoms with Gasteiger partial charge in [-0.05, 0) is 35.4 Å². The number of pyridine rings is 1. The van der Waals surface area contributed by atoms with E-state index in [2.05, 4.69) is 34.6 Å². The molecule has 3 aromatic carbocycles. The maximum absolute atomic E-state index is 5.95. The molecule has 0 aliphatic carbocycles. The van der Waals surface area contributed by atoms with Crippen molar-refractivity contribution in [1.29, 1.82) is 0 Å². The minimum atomic E-state index is -0.287. The number of nitrogens with zero attached hydrogens (tertiary/aromatic N) is 1. The number of aromatic nitrogens is 1. The SMILES string of the molecule is Nc1ccc(C2NCC(N)OC2c2ccccc2)cc1.c1ccc2ncccc2c1. The molecular weight excluding hydrogens is 372 g/mol. The third-order valence-corrected chi connectivity index (χ3v) is 5.10. The lowest BCUT2D eigenvalue weighted by Gasteiger charge is -2.36. The first kappa shape index (κ1) is 20.0. The van der Waals surface area contributed by atoms with Gasteiger partial charge in [0, 0.05) is 23.8 Å². The Hall–Kier alpha value is -3.25. The molecule has 5 heteroatoms. The van der Waals surface area contributed by atoms with Crippen molar-refractivity contribution in [2.75, 3.05) is 12.3 Å². The summed E-state index contributed by atoms with van der Waals surface area (Å²) in [6.45, 7) is 0.637. The third kappa shape index (κ3) is 4.83. The number of anilines is 1. The van der Waals surface area contributed by atoms with Crippen LogP contribution in [0.15, 0.2) is 97.2 Å². The number of morpholine rings is 1. The maximum atomic E-state index is 5.95. The molecule has 0 bridgehead atoms. The minimum Gasteiger partial charge on any atom is -0.399 e. The van der Waals surface area contributed by atoms with Crippen LogP contribution in [0.4, 0.5) is 5.69 Å². The van der Waals surface area contributed by atoms with E-state index in [9.17, 15) is 0 Å². The molecule has 3 atom stereocenters. The Morgan fingerprint density at radius 3 is 2.27 bits per heavy atom. The molecule has 4 aromatic rings. The third-order valence-electron chi connectivity index (χ3n) is 5.10. The van der Waals surface area contributed by atoms with E-state index < -0.39 is 0 Å². The molecule has 0 saturated carbocycles. The summed E-state index contributed by atoms with van der Waals surface area (Å²) in [5, 5.41) is 4.66. The lowest BCUT2D eigenvalue weighted by Crippen LogP contribution is -2.47. The van der Waals surface area contributed by atoms with Gasteiger partial charge < -0.3 is 21.5 Å². The fourth-order valence-electron chi connectivity index (χ4n) is 3.59. The average Bonchev–Trinajstić information content (AvgIpc) is 2.81. The van der Waals surface area contributed by atoms with Crippen molar-refractivity contribution >= 4 is 16.6 Å². The van der Waals surface area contributed by atoms with Gasteiger partial charge in [0.25, 0.3) is 0 Å². The number of ether oxygens (including phenoxy) is 1. The van der Waals surface area contributed by atoms with Gasteiger partial charge in [-0.25, -0.2) is 0 Å². The summed E-state index contributed by atoms with van der Waals surface area (Å²) in [6.07, 6.45) is 1.43. The molecule has 5 N–H and O–H groups in total. The Kier molecular flexibility index (Phi) is 6.35. The number of hydrogen-bond acceptors (Lipinski definition) is 5. The zero-order valence-electron chi connectivity index (χ0n) is 16.7. The lowest BCUT2D eigenvalue weighted by atomic mass is 9.94. The van der Waals surface area contributed by atoms with Gasteiger partial charge in [0.2, 0.25) is 0 Å². The molecule has 1 aromatic heterocycles. The predicted octanol–water partition coefficient (Wildman–Crippen LogP) is 4.19. The second-order valence-corrected chi connectivity index (χ2v) is 7.25. The number of benzene rings is 3. The van der Waals surface area contributed by atoms with E-state index in [4.69, 9.17) is 16.2 Å². The monoisotopic (exact) mass is 398 g/mol. The van der Waals surface area contributed by atoms with E-state index >= 15 is 0 Å². The minimum absolute atomic E-state index is 0.0813. The van der Waals surface area contributed by atoms with Gasteiger partial charge >= 0.3 is 0 Å². The van der Waals surface area contributed by atoms with Gasteiger partial charge in [-0.15, -0.1) is 0 Å². The van der Waals surface area contributed by atoms with Crippen LogP contribution in [-0.4, -0.2) is 17.8 Å². The highest BCUT2D eigenvalue weighted by molar-refractivity contribution is 5.77. The summed E-state index contributed by atoms with van der Waals surface area (Å²) in [6, 6.07) is 30.2. The molecule has 152 valence electrons. The van der Waals surface area contributed by atoms with E-state index in [-0.39, 0.29) is 18.4 Å². The summed E-state index contributed by atoms with van der Waals surface area (Å²) < 4.78 is 5.95. The van der Waals surface area contributed by atoms with Gasteiger partial charge in [-0.3, -0.25) is 4.98 Å². The quantitative estimate of drug-likeness (QED) is 0.441. The molecule has 1 aliphatic heterocycles. The fraction of sp³-hybridized carbons (Fsp3) is 0.160. The first-order valence-electron chi connectivity index (χ1n) is 10.1. The highest BCUT2D eigenvalue weighted by atomic mass is 16.5. The molecule has 3 unspecified atom stereocenters. The van der Waals surface area contributed by atoms with Crippen LogP contribution in [0.25, 0.3) is 10.9 Å². The number of nitrogens with one attached hydrogen (secondary N) is 1. The van der Waals surface area contributed by atoms with Gasteiger partial charge in [-0.2, -0.15) is 0 Å². The van der Waals surface area contributed by atoms with Crippen molar-refractivity contribution in [3.05, 3.63) is 108 Å². The Morgan fingerprint density at radius 1 is 0.800 bits per heavy atom. The first-order valence-corrected chi connectivity index (χ1v) is 10.1. The highest BCUT2D eigenvalue weighted by Crippen LogP contribution is 2.35. The number of fused-ring (bicyclic) bond motifs is 1. The summed E-state index contributed by atoms with van der Waals surface area (Å²) in [4.78, 5) is 4.18. The second kappa shape index (κ2) is 9.50. The maximum Gasteiger partial charge on any atom is 0.119 e. The standard InChI is InChI=1S/C16H19N3O.C9H7N/c17-13-8-6-11(7-9-13)15-16(20-14(18)10-19-15)12-4-2-1-3-5-12;1-2-6-9-8(4-1)5-3-7-10-9/h1-9,14-16,19H,10,17-18H2;1-7H.